The van der Waals surface area contributed by atoms with Crippen LogP contribution in [0.3, 0.4) is 0 Å². The van der Waals surface area contributed by atoms with Crippen LogP contribution in [0.5, 0.6) is 0 Å². The maximum atomic E-state index is 10.7. The van der Waals surface area contributed by atoms with Gasteiger partial charge >= 0.3 is 0 Å². The Bertz CT molecular complexity index is 329. The first-order valence-corrected chi connectivity index (χ1v) is 5.21. The van der Waals surface area contributed by atoms with Crippen molar-refractivity contribution in [2.75, 3.05) is 0 Å². The number of nitro groups is 1. The van der Waals surface area contributed by atoms with E-state index < -0.39 is 14.7 Å². The van der Waals surface area contributed by atoms with Crippen molar-refractivity contribution in [3.63, 3.8) is 0 Å². The second kappa shape index (κ2) is 4.28. The van der Waals surface area contributed by atoms with Gasteiger partial charge in [0.25, 0.3) is 4.45 Å². The van der Waals surface area contributed by atoms with Gasteiger partial charge < -0.3 is 0 Å². The molecule has 0 heterocycles. The van der Waals surface area contributed by atoms with Crippen molar-refractivity contribution in [1.82, 2.24) is 0 Å². The molecule has 0 fully saturated rings. The van der Waals surface area contributed by atoms with Crippen molar-refractivity contribution < 1.29 is 4.92 Å². The zero-order valence-electron chi connectivity index (χ0n) is 7.48. The molecule has 0 radical (unpaired) electrons. The van der Waals surface area contributed by atoms with E-state index in [1.54, 1.807) is 24.3 Å². The molecule has 0 spiro atoms. The summed E-state index contributed by atoms with van der Waals surface area (Å²) >= 11 is 9.02. The standard InChI is InChI=1S/C9H9BrClNO2/c1-9(10,12(13)14)8(11)7-5-3-2-4-6-7/h2-6,8H,1H3/t8-,9+/m0/s1. The Balaban J connectivity index is 2.96. The molecule has 0 saturated carbocycles. The molecule has 0 unspecified atom stereocenters. The molecule has 5 heteroatoms. The average Bonchev–Trinajstić information content (AvgIpc) is 2.17. The highest BCUT2D eigenvalue weighted by molar-refractivity contribution is 9.10. The second-order valence-corrected chi connectivity index (χ2v) is 5.10. The normalized spacial score (nSPS) is 17.1. The molecule has 0 bridgehead atoms. The Labute approximate surface area is 95.4 Å². The molecule has 1 aromatic rings. The molecule has 3 nitrogen and oxygen atoms in total. The molecule has 0 saturated heterocycles. The van der Waals surface area contributed by atoms with E-state index in [1.165, 1.54) is 6.92 Å². The van der Waals surface area contributed by atoms with Crippen molar-refractivity contribution in [3.8, 4) is 0 Å². The van der Waals surface area contributed by atoms with E-state index in [2.05, 4.69) is 15.9 Å². The third-order valence-corrected chi connectivity index (χ3v) is 3.60. The van der Waals surface area contributed by atoms with Crippen LogP contribution in [0.1, 0.15) is 17.9 Å². The lowest BCUT2D eigenvalue weighted by Gasteiger charge is -2.19. The van der Waals surface area contributed by atoms with Gasteiger partial charge in [0.2, 0.25) is 0 Å². The maximum absolute atomic E-state index is 10.7. The Morgan fingerprint density at radius 2 is 2.00 bits per heavy atom. The molecule has 1 rings (SSSR count). The molecule has 0 aliphatic heterocycles. The summed E-state index contributed by atoms with van der Waals surface area (Å²) in [6.07, 6.45) is 0. The first kappa shape index (κ1) is 11.5. The van der Waals surface area contributed by atoms with E-state index in [0.717, 1.165) is 5.56 Å². The summed E-state index contributed by atoms with van der Waals surface area (Å²) in [5.74, 6) is 0. The van der Waals surface area contributed by atoms with Crippen LogP contribution in [0.15, 0.2) is 30.3 Å². The van der Waals surface area contributed by atoms with Crippen LogP contribution in [0.4, 0.5) is 0 Å². The van der Waals surface area contributed by atoms with Crippen molar-refractivity contribution in [3.05, 3.63) is 46.0 Å². The topological polar surface area (TPSA) is 43.1 Å². The summed E-state index contributed by atoms with van der Waals surface area (Å²) in [5.41, 5.74) is 0.727. The van der Waals surface area contributed by atoms with Gasteiger partial charge in [0.15, 0.2) is 0 Å². The SMILES string of the molecule is C[C@](Br)([C@@H](Cl)c1ccccc1)[N+](=O)[O-]. The van der Waals surface area contributed by atoms with Gasteiger partial charge in [0.1, 0.15) is 5.38 Å². The minimum Gasteiger partial charge on any atom is -0.263 e. The summed E-state index contributed by atoms with van der Waals surface area (Å²) in [6.45, 7) is 1.44. The van der Waals surface area contributed by atoms with Gasteiger partial charge in [-0.2, -0.15) is 0 Å². The van der Waals surface area contributed by atoms with Gasteiger partial charge in [0.05, 0.1) is 0 Å². The van der Waals surface area contributed by atoms with Gasteiger partial charge in [-0.15, -0.1) is 11.6 Å². The zero-order chi connectivity index (χ0) is 10.8. The number of alkyl halides is 2. The first-order chi connectivity index (χ1) is 6.46. The van der Waals surface area contributed by atoms with Gasteiger partial charge in [-0.3, -0.25) is 10.1 Å². The lowest BCUT2D eigenvalue weighted by atomic mass is 10.1. The smallest absolute Gasteiger partial charge is 0.263 e. The highest BCUT2D eigenvalue weighted by atomic mass is 79.9. The van der Waals surface area contributed by atoms with E-state index in [1.807, 2.05) is 6.07 Å². The first-order valence-electron chi connectivity index (χ1n) is 3.98. The summed E-state index contributed by atoms with van der Waals surface area (Å²) in [7, 11) is 0. The largest absolute Gasteiger partial charge is 0.291 e. The third kappa shape index (κ3) is 2.25. The lowest BCUT2D eigenvalue weighted by Crippen LogP contribution is -2.32. The molecule has 0 amide bonds. The quantitative estimate of drug-likeness (QED) is 0.368. The minimum absolute atomic E-state index is 0.433. The van der Waals surface area contributed by atoms with Gasteiger partial charge in [0, 0.05) is 27.8 Å². The number of hydrogen-bond acceptors (Lipinski definition) is 2. The summed E-state index contributed by atoms with van der Waals surface area (Å²) in [6, 6.07) is 8.97. The number of halogens is 2. The van der Waals surface area contributed by atoms with Crippen LogP contribution in [0.25, 0.3) is 0 Å². The van der Waals surface area contributed by atoms with Crippen molar-refractivity contribution in [1.29, 1.82) is 0 Å². The maximum Gasteiger partial charge on any atom is 0.291 e. The van der Waals surface area contributed by atoms with Crippen LogP contribution in [-0.4, -0.2) is 9.37 Å². The van der Waals surface area contributed by atoms with Crippen LogP contribution in [-0.2, 0) is 0 Å². The summed E-state index contributed by atoms with van der Waals surface area (Å²) < 4.78 is -1.34. The van der Waals surface area contributed by atoms with E-state index in [-0.39, 0.29) is 0 Å². The Morgan fingerprint density at radius 3 is 2.43 bits per heavy atom. The number of benzene rings is 1. The Hall–Kier alpha value is -0.610. The molecule has 0 aromatic heterocycles. The molecular weight excluding hydrogens is 269 g/mol. The fourth-order valence-corrected chi connectivity index (χ4v) is 1.51. The lowest BCUT2D eigenvalue weighted by molar-refractivity contribution is -0.531. The van der Waals surface area contributed by atoms with Crippen LogP contribution in [0.2, 0.25) is 0 Å². The molecule has 14 heavy (non-hydrogen) atoms. The van der Waals surface area contributed by atoms with Gasteiger partial charge in [-0.25, -0.2) is 0 Å². The van der Waals surface area contributed by atoms with E-state index >= 15 is 0 Å². The van der Waals surface area contributed by atoms with E-state index in [4.69, 9.17) is 11.6 Å². The highest BCUT2D eigenvalue weighted by Crippen LogP contribution is 2.38. The molecule has 0 aliphatic carbocycles. The molecular formula is C9H9BrClNO2. The molecule has 76 valence electrons. The predicted octanol–water partition coefficient (Wildman–Crippen LogP) is 3.35. The number of rotatable bonds is 3. The summed E-state index contributed by atoms with van der Waals surface area (Å²) in [4.78, 5) is 10.3. The van der Waals surface area contributed by atoms with Crippen LogP contribution < -0.4 is 0 Å². The van der Waals surface area contributed by atoms with E-state index in [9.17, 15) is 10.1 Å². The highest BCUT2D eigenvalue weighted by Gasteiger charge is 2.42. The fraction of sp³-hybridized carbons (Fsp3) is 0.333. The van der Waals surface area contributed by atoms with Crippen molar-refractivity contribution in [2.45, 2.75) is 16.7 Å². The predicted molar refractivity (Wildman–Crippen MR) is 59.4 cm³/mol. The van der Waals surface area contributed by atoms with Gasteiger partial charge in [-0.05, 0) is 5.56 Å². The third-order valence-electron chi connectivity index (χ3n) is 1.91. The Morgan fingerprint density at radius 1 is 1.50 bits per heavy atom. The average molecular weight is 279 g/mol. The molecule has 0 aliphatic rings. The second-order valence-electron chi connectivity index (χ2n) is 3.05. The van der Waals surface area contributed by atoms with Crippen molar-refractivity contribution >= 4 is 27.5 Å². The molecule has 1 aromatic carbocycles. The number of hydrogen-bond donors (Lipinski definition) is 0. The molecule has 2 atom stereocenters. The molecule has 0 N–H and O–H groups in total. The van der Waals surface area contributed by atoms with Crippen LogP contribution >= 0.6 is 27.5 Å². The fourth-order valence-electron chi connectivity index (χ4n) is 1.02. The summed E-state index contributed by atoms with van der Waals surface area (Å²) in [5, 5.41) is 10.0. The monoisotopic (exact) mass is 277 g/mol. The van der Waals surface area contributed by atoms with E-state index in [0.29, 0.717) is 0 Å². The van der Waals surface area contributed by atoms with Crippen LogP contribution in [0, 0.1) is 10.1 Å². The zero-order valence-corrected chi connectivity index (χ0v) is 9.83. The Kier molecular flexibility index (Phi) is 3.50. The minimum atomic E-state index is -1.34. The van der Waals surface area contributed by atoms with Crippen molar-refractivity contribution in [2.24, 2.45) is 0 Å². The van der Waals surface area contributed by atoms with Gasteiger partial charge in [-0.1, -0.05) is 30.3 Å². The number of nitrogens with zero attached hydrogens (tertiary/aromatic N) is 1.